The first kappa shape index (κ1) is 15.4. The number of hydrogen-bond donors (Lipinski definition) is 1. The average molecular weight is 328 g/mol. The standard InChI is InChI=1S/C17H24N6O/c1-17(2,3)16(24)18-12-8-9-22(10-12)14-7-6-13-19-20-15(11-4-5-11)23(13)21-14/h6-7,11-12H,4-5,8-10H2,1-3H3,(H,18,24). The Morgan fingerprint density at radius 1 is 1.21 bits per heavy atom. The third kappa shape index (κ3) is 2.83. The van der Waals surface area contributed by atoms with E-state index in [0.29, 0.717) is 5.92 Å². The Balaban J connectivity index is 1.49. The third-order valence-corrected chi connectivity index (χ3v) is 4.74. The van der Waals surface area contributed by atoms with E-state index in [1.165, 1.54) is 12.8 Å². The van der Waals surface area contributed by atoms with Gasteiger partial charge in [-0.25, -0.2) is 0 Å². The van der Waals surface area contributed by atoms with Gasteiger partial charge in [0.15, 0.2) is 11.5 Å². The SMILES string of the molecule is CC(C)(C)C(=O)NC1CCN(c2ccc3nnc(C4CC4)n3n2)C1. The van der Waals surface area contributed by atoms with Crippen molar-refractivity contribution in [3.05, 3.63) is 18.0 Å². The zero-order chi connectivity index (χ0) is 16.9. The minimum absolute atomic E-state index is 0.104. The molecule has 0 radical (unpaired) electrons. The molecule has 7 nitrogen and oxygen atoms in total. The molecule has 0 bridgehead atoms. The van der Waals surface area contributed by atoms with Crippen molar-refractivity contribution in [2.45, 2.75) is 52.0 Å². The number of carbonyl (C=O) groups excluding carboxylic acids is 1. The lowest BCUT2D eigenvalue weighted by Crippen LogP contribution is -2.43. The van der Waals surface area contributed by atoms with Gasteiger partial charge in [-0.1, -0.05) is 20.8 Å². The fourth-order valence-electron chi connectivity index (χ4n) is 3.05. The maximum atomic E-state index is 12.2. The minimum atomic E-state index is -0.355. The molecule has 1 aliphatic heterocycles. The van der Waals surface area contributed by atoms with Crippen LogP contribution in [0.15, 0.2) is 12.1 Å². The Morgan fingerprint density at radius 3 is 2.71 bits per heavy atom. The minimum Gasteiger partial charge on any atom is -0.353 e. The van der Waals surface area contributed by atoms with Crippen molar-refractivity contribution < 1.29 is 4.79 Å². The molecule has 1 aliphatic carbocycles. The molecule has 2 aromatic rings. The van der Waals surface area contributed by atoms with E-state index in [-0.39, 0.29) is 17.4 Å². The highest BCUT2D eigenvalue weighted by molar-refractivity contribution is 5.81. The van der Waals surface area contributed by atoms with Crippen molar-refractivity contribution in [1.29, 1.82) is 0 Å². The molecule has 2 aliphatic rings. The Morgan fingerprint density at radius 2 is 2.00 bits per heavy atom. The maximum Gasteiger partial charge on any atom is 0.225 e. The number of carbonyl (C=O) groups is 1. The molecule has 24 heavy (non-hydrogen) atoms. The van der Waals surface area contributed by atoms with Crippen LogP contribution in [-0.2, 0) is 4.79 Å². The van der Waals surface area contributed by atoms with Gasteiger partial charge in [0.2, 0.25) is 5.91 Å². The van der Waals surface area contributed by atoms with Gasteiger partial charge in [0.25, 0.3) is 0 Å². The van der Waals surface area contributed by atoms with Gasteiger partial charge in [-0.3, -0.25) is 4.79 Å². The molecule has 1 N–H and O–H groups in total. The number of aromatic nitrogens is 4. The molecule has 4 rings (SSSR count). The van der Waals surface area contributed by atoms with Gasteiger partial charge in [-0.15, -0.1) is 15.3 Å². The first-order chi connectivity index (χ1) is 11.4. The van der Waals surface area contributed by atoms with Gasteiger partial charge in [0.05, 0.1) is 0 Å². The zero-order valence-corrected chi connectivity index (χ0v) is 14.5. The van der Waals surface area contributed by atoms with Crippen LogP contribution in [0.5, 0.6) is 0 Å². The zero-order valence-electron chi connectivity index (χ0n) is 14.5. The highest BCUT2D eigenvalue weighted by atomic mass is 16.2. The van der Waals surface area contributed by atoms with Gasteiger partial charge in [-0.2, -0.15) is 4.52 Å². The van der Waals surface area contributed by atoms with E-state index in [1.54, 1.807) is 0 Å². The normalized spacial score (nSPS) is 21.5. The fourth-order valence-corrected chi connectivity index (χ4v) is 3.05. The lowest BCUT2D eigenvalue weighted by molar-refractivity contribution is -0.129. The van der Waals surface area contributed by atoms with Crippen LogP contribution in [0.4, 0.5) is 5.82 Å². The van der Waals surface area contributed by atoms with Crippen LogP contribution in [0, 0.1) is 5.41 Å². The smallest absolute Gasteiger partial charge is 0.225 e. The lowest BCUT2D eigenvalue weighted by atomic mass is 9.95. The molecule has 1 saturated carbocycles. The summed E-state index contributed by atoms with van der Waals surface area (Å²) < 4.78 is 1.88. The molecule has 128 valence electrons. The van der Waals surface area contributed by atoms with E-state index in [2.05, 4.69) is 20.4 Å². The predicted octanol–water partition coefficient (Wildman–Crippen LogP) is 1.74. The van der Waals surface area contributed by atoms with Crippen LogP contribution >= 0.6 is 0 Å². The Labute approximate surface area is 141 Å². The molecular formula is C17H24N6O. The van der Waals surface area contributed by atoms with Crippen molar-refractivity contribution in [3.63, 3.8) is 0 Å². The van der Waals surface area contributed by atoms with Gasteiger partial charge < -0.3 is 10.2 Å². The number of anilines is 1. The van der Waals surface area contributed by atoms with E-state index in [1.807, 2.05) is 37.4 Å². The second kappa shape index (κ2) is 5.43. The molecule has 1 saturated heterocycles. The molecular weight excluding hydrogens is 304 g/mol. The number of nitrogens with one attached hydrogen (secondary N) is 1. The van der Waals surface area contributed by atoms with Gasteiger partial charge in [-0.05, 0) is 31.4 Å². The van der Waals surface area contributed by atoms with Crippen molar-refractivity contribution in [1.82, 2.24) is 25.1 Å². The van der Waals surface area contributed by atoms with Crippen LogP contribution in [0.2, 0.25) is 0 Å². The summed E-state index contributed by atoms with van der Waals surface area (Å²) in [5.74, 6) is 2.52. The number of rotatable bonds is 3. The van der Waals surface area contributed by atoms with Crippen molar-refractivity contribution in [3.8, 4) is 0 Å². The molecule has 0 aromatic carbocycles. The van der Waals surface area contributed by atoms with Crippen LogP contribution < -0.4 is 10.2 Å². The Kier molecular flexibility index (Phi) is 3.47. The quantitative estimate of drug-likeness (QED) is 0.929. The van der Waals surface area contributed by atoms with Crippen LogP contribution in [0.25, 0.3) is 5.65 Å². The van der Waals surface area contributed by atoms with Gasteiger partial charge in [0.1, 0.15) is 5.82 Å². The number of fused-ring (bicyclic) bond motifs is 1. The van der Waals surface area contributed by atoms with Crippen LogP contribution in [-0.4, -0.2) is 44.8 Å². The first-order valence-corrected chi connectivity index (χ1v) is 8.70. The highest BCUT2D eigenvalue weighted by Gasteiger charge is 2.31. The van der Waals surface area contributed by atoms with Gasteiger partial charge >= 0.3 is 0 Å². The number of amides is 1. The van der Waals surface area contributed by atoms with Crippen LogP contribution in [0.1, 0.15) is 51.8 Å². The monoisotopic (exact) mass is 328 g/mol. The fraction of sp³-hybridized carbons (Fsp3) is 0.647. The summed E-state index contributed by atoms with van der Waals surface area (Å²) in [4.78, 5) is 14.4. The Hall–Kier alpha value is -2.18. The van der Waals surface area contributed by atoms with Crippen LogP contribution in [0.3, 0.4) is 0 Å². The Bertz CT molecular complexity index is 773. The maximum absolute atomic E-state index is 12.2. The summed E-state index contributed by atoms with van der Waals surface area (Å²) >= 11 is 0. The first-order valence-electron chi connectivity index (χ1n) is 8.70. The highest BCUT2D eigenvalue weighted by Crippen LogP contribution is 2.38. The van der Waals surface area contributed by atoms with E-state index < -0.39 is 0 Å². The largest absolute Gasteiger partial charge is 0.353 e. The molecule has 2 aromatic heterocycles. The van der Waals surface area contributed by atoms with Crippen molar-refractivity contribution >= 4 is 17.4 Å². The molecule has 7 heteroatoms. The van der Waals surface area contributed by atoms with E-state index in [0.717, 1.165) is 36.8 Å². The summed E-state index contributed by atoms with van der Waals surface area (Å²) in [6.45, 7) is 7.51. The topological polar surface area (TPSA) is 75.4 Å². The molecule has 2 fully saturated rings. The second-order valence-corrected chi connectivity index (χ2v) is 7.95. The van der Waals surface area contributed by atoms with E-state index in [9.17, 15) is 4.79 Å². The summed E-state index contributed by atoms with van der Waals surface area (Å²) in [5.41, 5.74) is 0.448. The summed E-state index contributed by atoms with van der Waals surface area (Å²) in [6, 6.07) is 4.15. The second-order valence-electron chi connectivity index (χ2n) is 7.95. The molecule has 3 heterocycles. The summed E-state index contributed by atoms with van der Waals surface area (Å²) in [5, 5.41) is 16.4. The van der Waals surface area contributed by atoms with E-state index in [4.69, 9.17) is 5.10 Å². The molecule has 0 spiro atoms. The number of hydrogen-bond acceptors (Lipinski definition) is 5. The van der Waals surface area contributed by atoms with Crippen molar-refractivity contribution in [2.75, 3.05) is 18.0 Å². The third-order valence-electron chi connectivity index (χ3n) is 4.74. The van der Waals surface area contributed by atoms with E-state index >= 15 is 0 Å². The molecule has 1 amide bonds. The average Bonchev–Trinajstić information content (AvgIpc) is 3.11. The summed E-state index contributed by atoms with van der Waals surface area (Å²) in [6.07, 6.45) is 3.30. The lowest BCUT2D eigenvalue weighted by Gasteiger charge is -2.22. The number of nitrogens with zero attached hydrogens (tertiary/aromatic N) is 5. The molecule has 1 unspecified atom stereocenters. The van der Waals surface area contributed by atoms with Gasteiger partial charge in [0, 0.05) is 30.5 Å². The predicted molar refractivity (Wildman–Crippen MR) is 91.0 cm³/mol. The summed E-state index contributed by atoms with van der Waals surface area (Å²) in [7, 11) is 0. The molecule has 1 atom stereocenters. The van der Waals surface area contributed by atoms with Crippen molar-refractivity contribution in [2.24, 2.45) is 5.41 Å².